The topological polar surface area (TPSA) is 35.5 Å². The van der Waals surface area contributed by atoms with Crippen LogP contribution in [0.1, 0.15) is 18.1 Å². The zero-order valence-electron chi connectivity index (χ0n) is 13.7. The molecule has 2 heterocycles. The first-order valence-electron chi connectivity index (χ1n) is 8.03. The predicted molar refractivity (Wildman–Crippen MR) is 99.3 cm³/mol. The van der Waals surface area contributed by atoms with E-state index in [2.05, 4.69) is 40.5 Å². The first-order valence-corrected chi connectivity index (χ1v) is 8.97. The van der Waals surface area contributed by atoms with E-state index in [9.17, 15) is 5.11 Å². The monoisotopic (exact) mass is 330 g/mol. The van der Waals surface area contributed by atoms with Crippen LogP contribution in [-0.2, 0) is 6.42 Å². The minimum Gasteiger partial charge on any atom is -0.508 e. The lowest BCUT2D eigenvalue weighted by Gasteiger charge is -2.30. The molecule has 2 aromatic rings. The third-order valence-corrected chi connectivity index (χ3v) is 4.47. The minimum atomic E-state index is 0.340. The summed E-state index contributed by atoms with van der Waals surface area (Å²) in [5.74, 6) is 0.340. The zero-order chi connectivity index (χ0) is 16.5. The molecule has 124 valence electrons. The molecule has 0 spiro atoms. The van der Waals surface area contributed by atoms with Gasteiger partial charge in [-0.1, -0.05) is 18.2 Å². The van der Waals surface area contributed by atoms with E-state index in [1.807, 2.05) is 18.2 Å². The van der Waals surface area contributed by atoms with Crippen LogP contribution in [0.2, 0.25) is 0 Å². The van der Waals surface area contributed by atoms with Gasteiger partial charge in [0.05, 0.1) is 0 Å². The number of piperazine rings is 1. The summed E-state index contributed by atoms with van der Waals surface area (Å²) in [7, 11) is 0. The number of aromatic hydroxyl groups is 1. The van der Waals surface area contributed by atoms with Gasteiger partial charge in [-0.05, 0) is 53.4 Å². The van der Waals surface area contributed by atoms with E-state index >= 15 is 0 Å². The highest BCUT2D eigenvalue weighted by atomic mass is 32.1. The lowest BCUT2D eigenvalue weighted by atomic mass is 10.1. The maximum absolute atomic E-state index is 9.24. The van der Waals surface area contributed by atoms with Gasteiger partial charge in [-0.2, -0.15) is 11.3 Å². The van der Waals surface area contributed by atoms with Crippen LogP contribution in [-0.4, -0.2) is 42.2 Å². The van der Waals surface area contributed by atoms with Crippen molar-refractivity contribution in [3.63, 3.8) is 0 Å². The quantitative estimate of drug-likeness (QED) is 0.842. The Balaban J connectivity index is 0.000000174. The van der Waals surface area contributed by atoms with Crippen LogP contribution in [0.15, 0.2) is 53.7 Å². The van der Waals surface area contributed by atoms with Crippen LogP contribution < -0.4 is 5.32 Å². The summed E-state index contributed by atoms with van der Waals surface area (Å²) >= 11 is 1.70. The van der Waals surface area contributed by atoms with Crippen molar-refractivity contribution in [2.75, 3.05) is 26.2 Å². The minimum absolute atomic E-state index is 0.340. The lowest BCUT2D eigenvalue weighted by Crippen LogP contribution is -2.49. The van der Waals surface area contributed by atoms with Gasteiger partial charge in [0.15, 0.2) is 0 Å². The van der Waals surface area contributed by atoms with Gasteiger partial charge in [-0.25, -0.2) is 0 Å². The maximum Gasteiger partial charge on any atom is 0.115 e. The number of thiophene rings is 1. The maximum atomic E-state index is 9.24. The number of phenols is 1. The van der Waals surface area contributed by atoms with E-state index in [0.29, 0.717) is 11.8 Å². The molecule has 1 atom stereocenters. The molecule has 1 aromatic heterocycles. The van der Waals surface area contributed by atoms with E-state index in [1.165, 1.54) is 5.56 Å². The Morgan fingerprint density at radius 1 is 1.39 bits per heavy atom. The molecule has 1 saturated heterocycles. The molecule has 1 aromatic carbocycles. The van der Waals surface area contributed by atoms with Crippen LogP contribution >= 0.6 is 11.3 Å². The Labute approximate surface area is 143 Å². The normalized spacial score (nSPS) is 18.0. The first kappa shape index (κ1) is 17.7. The van der Waals surface area contributed by atoms with Crippen molar-refractivity contribution in [1.82, 2.24) is 10.2 Å². The highest BCUT2D eigenvalue weighted by molar-refractivity contribution is 7.07. The molecule has 23 heavy (non-hydrogen) atoms. The fourth-order valence-electron chi connectivity index (χ4n) is 2.66. The molecule has 2 N–H and O–H groups in total. The van der Waals surface area contributed by atoms with Gasteiger partial charge in [-0.3, -0.25) is 4.90 Å². The standard InChI is InChI=1S/C11H10OS.C8H16N2/c12-11-3-1-2-9(7-11)6-10-4-5-13-8-10;1-3-5-10-6-4-9-8(2)7-10/h1-5,7-8,12H,6H2;3,8-9H,1,4-7H2,2H3/t;8-/m.0/s1. The van der Waals surface area contributed by atoms with Crippen molar-refractivity contribution < 1.29 is 5.11 Å². The lowest BCUT2D eigenvalue weighted by molar-refractivity contribution is 0.226. The third-order valence-electron chi connectivity index (χ3n) is 3.74. The summed E-state index contributed by atoms with van der Waals surface area (Å²) in [4.78, 5) is 2.41. The van der Waals surface area contributed by atoms with Crippen molar-refractivity contribution >= 4 is 11.3 Å². The molecule has 1 aliphatic rings. The van der Waals surface area contributed by atoms with Crippen LogP contribution in [0.25, 0.3) is 0 Å². The SMILES string of the molecule is C=CCN1CCN[C@@H](C)C1.Oc1cccc(Cc2ccsc2)c1. The van der Waals surface area contributed by atoms with Gasteiger partial charge in [0, 0.05) is 32.2 Å². The van der Waals surface area contributed by atoms with Crippen molar-refractivity contribution in [1.29, 1.82) is 0 Å². The molecule has 0 unspecified atom stereocenters. The molecule has 0 bridgehead atoms. The number of hydrogen-bond donors (Lipinski definition) is 2. The Kier molecular flexibility index (Phi) is 7.33. The largest absolute Gasteiger partial charge is 0.508 e. The van der Waals surface area contributed by atoms with Gasteiger partial charge >= 0.3 is 0 Å². The highest BCUT2D eigenvalue weighted by Crippen LogP contribution is 2.16. The first-order chi connectivity index (χ1) is 11.2. The smallest absolute Gasteiger partial charge is 0.115 e. The van der Waals surface area contributed by atoms with Gasteiger partial charge in [0.1, 0.15) is 5.75 Å². The second-order valence-electron chi connectivity index (χ2n) is 5.88. The van der Waals surface area contributed by atoms with Crippen molar-refractivity contribution in [2.24, 2.45) is 0 Å². The number of nitrogens with zero attached hydrogens (tertiary/aromatic N) is 1. The third kappa shape index (κ3) is 6.57. The zero-order valence-corrected chi connectivity index (χ0v) is 14.6. The fraction of sp³-hybridized carbons (Fsp3) is 0.368. The molecule has 4 heteroatoms. The molecule has 0 aliphatic carbocycles. The second-order valence-corrected chi connectivity index (χ2v) is 6.66. The molecule has 0 saturated carbocycles. The molecule has 0 radical (unpaired) electrons. The summed E-state index contributed by atoms with van der Waals surface area (Å²) in [6, 6.07) is 10.1. The van der Waals surface area contributed by atoms with Gasteiger partial charge in [-0.15, -0.1) is 6.58 Å². The molecule has 1 fully saturated rings. The molecular weight excluding hydrogens is 304 g/mol. The van der Waals surface area contributed by atoms with Crippen molar-refractivity contribution in [3.05, 3.63) is 64.9 Å². The molecule has 3 rings (SSSR count). The van der Waals surface area contributed by atoms with Crippen LogP contribution in [0.5, 0.6) is 5.75 Å². The van der Waals surface area contributed by atoms with E-state index in [-0.39, 0.29) is 0 Å². The van der Waals surface area contributed by atoms with Crippen LogP contribution in [0, 0.1) is 0 Å². The number of rotatable bonds is 4. The van der Waals surface area contributed by atoms with Crippen molar-refractivity contribution in [3.8, 4) is 5.75 Å². The summed E-state index contributed by atoms with van der Waals surface area (Å²) in [6.45, 7) is 10.4. The van der Waals surface area contributed by atoms with E-state index in [0.717, 1.165) is 38.2 Å². The summed E-state index contributed by atoms with van der Waals surface area (Å²) in [5.41, 5.74) is 2.45. The Morgan fingerprint density at radius 3 is 2.91 bits per heavy atom. The summed E-state index contributed by atoms with van der Waals surface area (Å²) < 4.78 is 0. The van der Waals surface area contributed by atoms with Crippen LogP contribution in [0.4, 0.5) is 0 Å². The molecular formula is C19H26N2OS. The highest BCUT2D eigenvalue weighted by Gasteiger charge is 2.12. The van der Waals surface area contributed by atoms with Gasteiger partial charge < -0.3 is 10.4 Å². The van der Waals surface area contributed by atoms with E-state index in [4.69, 9.17) is 0 Å². The number of nitrogens with one attached hydrogen (secondary N) is 1. The fourth-order valence-corrected chi connectivity index (χ4v) is 3.32. The van der Waals surface area contributed by atoms with E-state index < -0.39 is 0 Å². The average molecular weight is 330 g/mol. The predicted octanol–water partition coefficient (Wildman–Crippen LogP) is 3.51. The Bertz CT molecular complexity index is 583. The van der Waals surface area contributed by atoms with Gasteiger partial charge in [0.25, 0.3) is 0 Å². The van der Waals surface area contributed by atoms with Crippen molar-refractivity contribution in [2.45, 2.75) is 19.4 Å². The number of benzene rings is 1. The Morgan fingerprint density at radius 2 is 2.26 bits per heavy atom. The molecule has 3 nitrogen and oxygen atoms in total. The van der Waals surface area contributed by atoms with Crippen LogP contribution in [0.3, 0.4) is 0 Å². The molecule has 1 aliphatic heterocycles. The number of phenolic OH excluding ortho intramolecular Hbond substituents is 1. The molecule has 0 amide bonds. The second kappa shape index (κ2) is 9.50. The number of hydrogen-bond acceptors (Lipinski definition) is 4. The Hall–Kier alpha value is -1.62. The van der Waals surface area contributed by atoms with E-state index in [1.54, 1.807) is 23.5 Å². The average Bonchev–Trinajstić information content (AvgIpc) is 3.01. The summed E-state index contributed by atoms with van der Waals surface area (Å²) in [6.07, 6.45) is 2.87. The van der Waals surface area contributed by atoms with Gasteiger partial charge in [0.2, 0.25) is 0 Å². The summed E-state index contributed by atoms with van der Waals surface area (Å²) in [5, 5.41) is 16.8.